The Morgan fingerprint density at radius 1 is 0.976 bits per heavy atom. The van der Waals surface area contributed by atoms with E-state index in [9.17, 15) is 40.6 Å². The molecule has 3 aliphatic rings. The average Bonchev–Trinajstić information content (AvgIpc) is 3.26. The summed E-state index contributed by atoms with van der Waals surface area (Å²) < 4.78 is 101. The average molecular weight is 584 g/mol. The summed E-state index contributed by atoms with van der Waals surface area (Å²) >= 11 is 0. The molecule has 5 atom stereocenters. The van der Waals surface area contributed by atoms with Gasteiger partial charge in [-0.05, 0) is 85.2 Å². The highest BCUT2D eigenvalue weighted by molar-refractivity contribution is 5.91. The number of alkyl halides is 6. The van der Waals surface area contributed by atoms with Crippen LogP contribution in [0, 0.1) is 5.82 Å². The smallest absolute Gasteiger partial charge is 0.393 e. The summed E-state index contributed by atoms with van der Waals surface area (Å²) in [5.41, 5.74) is -0.762. The monoisotopic (exact) mass is 583 g/mol. The van der Waals surface area contributed by atoms with Gasteiger partial charge in [-0.2, -0.15) is 26.3 Å². The van der Waals surface area contributed by atoms with Gasteiger partial charge in [-0.15, -0.1) is 0 Å². The molecule has 1 N–H and O–H groups in total. The first kappa shape index (κ1) is 29.3. The molecule has 0 bridgehead atoms. The quantitative estimate of drug-likeness (QED) is 0.382. The van der Waals surface area contributed by atoms with Crippen LogP contribution >= 0.6 is 0 Å². The molecule has 1 aliphatic carbocycles. The fourth-order valence-electron chi connectivity index (χ4n) is 6.03. The Morgan fingerprint density at radius 3 is 2.17 bits per heavy atom. The van der Waals surface area contributed by atoms with Crippen molar-refractivity contribution >= 4 is 5.91 Å². The number of allylic oxidation sites excluding steroid dienone is 1. The minimum absolute atomic E-state index is 0.0580. The molecule has 2 heterocycles. The zero-order chi connectivity index (χ0) is 29.7. The number of benzene rings is 2. The maximum Gasteiger partial charge on any atom is 0.416 e. The van der Waals surface area contributed by atoms with Crippen LogP contribution in [0.5, 0.6) is 0 Å². The van der Waals surface area contributed by atoms with Crippen molar-refractivity contribution in [1.82, 2.24) is 4.90 Å². The van der Waals surface area contributed by atoms with E-state index in [1.165, 1.54) is 25.1 Å². The lowest BCUT2D eigenvalue weighted by Crippen LogP contribution is -2.40. The van der Waals surface area contributed by atoms with E-state index in [0.29, 0.717) is 43.4 Å². The van der Waals surface area contributed by atoms with Crippen LogP contribution in [0.25, 0.3) is 0 Å². The largest absolute Gasteiger partial charge is 0.416 e. The molecule has 0 aromatic heterocycles. The number of rotatable bonds is 5. The predicted molar refractivity (Wildman–Crippen MR) is 135 cm³/mol. The van der Waals surface area contributed by atoms with Crippen LogP contribution < -0.4 is 0 Å². The first-order valence-corrected chi connectivity index (χ1v) is 13.3. The molecule has 41 heavy (non-hydrogen) atoms. The Bertz CT molecular complexity index is 1330. The third-order valence-electron chi connectivity index (χ3n) is 8.11. The number of carbonyl (C=O) groups excluding carboxylic acids is 1. The topological polar surface area (TPSA) is 49.8 Å². The van der Waals surface area contributed by atoms with Gasteiger partial charge in [0.25, 0.3) is 0 Å². The number of aliphatic hydroxyl groups excluding tert-OH is 1. The summed E-state index contributed by atoms with van der Waals surface area (Å²) in [5, 5.41) is 9.87. The van der Waals surface area contributed by atoms with E-state index in [2.05, 4.69) is 0 Å². The zero-order valence-corrected chi connectivity index (χ0v) is 22.0. The number of halogens is 7. The van der Waals surface area contributed by atoms with Crippen molar-refractivity contribution in [3.63, 3.8) is 0 Å². The molecule has 11 heteroatoms. The van der Waals surface area contributed by atoms with Crippen molar-refractivity contribution in [2.45, 2.75) is 75.2 Å². The van der Waals surface area contributed by atoms with E-state index < -0.39 is 59.6 Å². The number of nitrogens with zero attached hydrogens (tertiary/aromatic N) is 1. The van der Waals surface area contributed by atoms with Crippen LogP contribution in [0.3, 0.4) is 0 Å². The molecule has 1 amide bonds. The summed E-state index contributed by atoms with van der Waals surface area (Å²) in [6, 6.07) is 6.54. The first-order valence-electron chi connectivity index (χ1n) is 13.3. The molecule has 4 nitrogen and oxygen atoms in total. The van der Waals surface area contributed by atoms with E-state index in [1.54, 1.807) is 17.0 Å². The van der Waals surface area contributed by atoms with Crippen LogP contribution in [0.4, 0.5) is 30.7 Å². The summed E-state index contributed by atoms with van der Waals surface area (Å²) in [6.45, 7) is 1.43. The highest BCUT2D eigenvalue weighted by Gasteiger charge is 2.48. The van der Waals surface area contributed by atoms with Gasteiger partial charge in [0, 0.05) is 24.6 Å². The van der Waals surface area contributed by atoms with Gasteiger partial charge < -0.3 is 14.7 Å². The molecule has 0 spiro atoms. The second-order valence-corrected chi connectivity index (χ2v) is 10.8. The Kier molecular flexibility index (Phi) is 7.80. The van der Waals surface area contributed by atoms with Crippen molar-refractivity contribution in [3.05, 3.63) is 93.8 Å². The summed E-state index contributed by atoms with van der Waals surface area (Å²) in [6.07, 6.45) is -6.90. The number of aliphatic hydroxyl groups is 1. The second-order valence-electron chi connectivity index (χ2n) is 10.8. The van der Waals surface area contributed by atoms with E-state index in [0.717, 1.165) is 11.1 Å². The molecule has 2 aromatic carbocycles. The Hall–Kier alpha value is -3.18. The van der Waals surface area contributed by atoms with Crippen LogP contribution in [0.2, 0.25) is 0 Å². The standard InChI is InChI=1S/C30H28F7NO3/c1-16(19-10-21(29(32,33)34)14-22(11-19)30(35,36)37)41-26-15-38-25(28(26)18-2-6-23(31)7-3-18)12-20(13-27(38)40)17-4-8-24(39)9-5-17/h2-4,6-7,10-11,13-14,16,24-26,28,39H,5,8-9,12,15H2,1H3/t16-,24?,25?,26?,28+/m1/s1. The van der Waals surface area contributed by atoms with Gasteiger partial charge in [0.05, 0.1) is 29.4 Å². The van der Waals surface area contributed by atoms with Crippen LogP contribution in [-0.2, 0) is 21.9 Å². The van der Waals surface area contributed by atoms with Gasteiger partial charge in [-0.1, -0.05) is 18.2 Å². The van der Waals surface area contributed by atoms with Gasteiger partial charge in [0.1, 0.15) is 5.82 Å². The van der Waals surface area contributed by atoms with Crippen LogP contribution in [-0.4, -0.2) is 40.7 Å². The number of carbonyl (C=O) groups is 1. The maximum absolute atomic E-state index is 13.8. The molecule has 3 unspecified atom stereocenters. The molecule has 1 saturated heterocycles. The first-order chi connectivity index (χ1) is 19.2. The van der Waals surface area contributed by atoms with Crippen molar-refractivity contribution in [2.75, 3.05) is 6.54 Å². The van der Waals surface area contributed by atoms with E-state index in [4.69, 9.17) is 4.74 Å². The molecule has 0 saturated carbocycles. The highest BCUT2D eigenvalue weighted by atomic mass is 19.4. The van der Waals surface area contributed by atoms with Crippen molar-refractivity contribution < 1.29 is 45.4 Å². The number of amides is 1. The van der Waals surface area contributed by atoms with Gasteiger partial charge in [0.15, 0.2) is 0 Å². The molecule has 1 fully saturated rings. The normalized spacial score (nSPS) is 26.0. The number of ether oxygens (including phenoxy) is 1. The Labute approximate surface area is 232 Å². The molecule has 2 aliphatic heterocycles. The minimum atomic E-state index is -5.00. The van der Waals surface area contributed by atoms with Crippen LogP contribution in [0.15, 0.2) is 65.8 Å². The maximum atomic E-state index is 13.8. The molecular formula is C30H28F7NO3. The summed E-state index contributed by atoms with van der Waals surface area (Å²) in [5.74, 6) is -1.29. The predicted octanol–water partition coefficient (Wildman–Crippen LogP) is 7.11. The van der Waals surface area contributed by atoms with Gasteiger partial charge >= 0.3 is 12.4 Å². The fraction of sp³-hybridized carbons (Fsp3) is 0.433. The molecular weight excluding hydrogens is 555 g/mol. The van der Waals surface area contributed by atoms with E-state index in [-0.39, 0.29) is 24.1 Å². The lowest BCUT2D eigenvalue weighted by molar-refractivity contribution is -0.143. The third kappa shape index (κ3) is 6.21. The van der Waals surface area contributed by atoms with E-state index >= 15 is 0 Å². The lowest BCUT2D eigenvalue weighted by atomic mass is 9.81. The molecule has 2 aromatic rings. The number of hydrogen-bond donors (Lipinski definition) is 1. The lowest BCUT2D eigenvalue weighted by Gasteiger charge is -2.34. The summed E-state index contributed by atoms with van der Waals surface area (Å²) in [7, 11) is 0. The number of hydrogen-bond acceptors (Lipinski definition) is 3. The Balaban J connectivity index is 1.47. The van der Waals surface area contributed by atoms with Gasteiger partial charge in [0.2, 0.25) is 5.91 Å². The number of fused-ring (bicyclic) bond motifs is 1. The third-order valence-corrected chi connectivity index (χ3v) is 8.11. The molecule has 220 valence electrons. The molecule has 0 radical (unpaired) electrons. The second kappa shape index (κ2) is 10.9. The van der Waals surface area contributed by atoms with Gasteiger partial charge in [-0.3, -0.25) is 4.79 Å². The molecule has 5 rings (SSSR count). The van der Waals surface area contributed by atoms with Crippen LogP contribution in [0.1, 0.15) is 66.9 Å². The highest BCUT2D eigenvalue weighted by Crippen LogP contribution is 2.45. The Morgan fingerprint density at radius 2 is 1.61 bits per heavy atom. The summed E-state index contributed by atoms with van der Waals surface area (Å²) in [4.78, 5) is 14.8. The SMILES string of the molecule is C[C@@H](OC1CN2C(=O)C=C(C3=CCC(O)CC3)CC2[C@@H]1c1ccc(F)cc1)c1cc(C(F)(F)F)cc(C(F)(F)F)c1. The minimum Gasteiger partial charge on any atom is -0.393 e. The fourth-order valence-corrected chi connectivity index (χ4v) is 6.03. The van der Waals surface area contributed by atoms with E-state index in [1.807, 2.05) is 6.08 Å². The zero-order valence-electron chi connectivity index (χ0n) is 22.0. The van der Waals surface area contributed by atoms with Gasteiger partial charge in [-0.25, -0.2) is 4.39 Å². The van der Waals surface area contributed by atoms with Crippen molar-refractivity contribution in [2.24, 2.45) is 0 Å². The van der Waals surface area contributed by atoms with Crippen molar-refractivity contribution in [1.29, 1.82) is 0 Å². The van der Waals surface area contributed by atoms with Crippen molar-refractivity contribution in [3.8, 4) is 0 Å².